The van der Waals surface area contributed by atoms with Crippen LogP contribution in [0, 0.1) is 0 Å². The lowest BCUT2D eigenvalue weighted by molar-refractivity contribution is -0.123. The average molecular weight is 457 g/mol. The van der Waals surface area contributed by atoms with Gasteiger partial charge in [0.05, 0.1) is 22.4 Å². The second-order valence-corrected chi connectivity index (χ2v) is 8.02. The molecule has 0 bridgehead atoms. The van der Waals surface area contributed by atoms with Gasteiger partial charge in [-0.05, 0) is 61.5 Å². The molecule has 3 amide bonds. The number of amides is 3. The van der Waals surface area contributed by atoms with E-state index in [1.807, 2.05) is 31.1 Å². The van der Waals surface area contributed by atoms with Crippen molar-refractivity contribution in [1.82, 2.24) is 0 Å². The topological polar surface area (TPSA) is 96.0 Å². The molecular formula is C26H23N3O5. The van der Waals surface area contributed by atoms with Gasteiger partial charge in [0, 0.05) is 25.5 Å². The minimum absolute atomic E-state index is 0.115. The van der Waals surface area contributed by atoms with Gasteiger partial charge in [-0.2, -0.15) is 0 Å². The highest BCUT2D eigenvalue weighted by molar-refractivity contribution is 6.34. The predicted molar refractivity (Wildman–Crippen MR) is 128 cm³/mol. The highest BCUT2D eigenvalue weighted by Gasteiger charge is 2.36. The first kappa shape index (κ1) is 22.7. The Labute approximate surface area is 196 Å². The number of anilines is 3. The minimum atomic E-state index is -1.07. The Kier molecular flexibility index (Phi) is 6.14. The van der Waals surface area contributed by atoms with Gasteiger partial charge in [0.25, 0.3) is 17.7 Å². The Morgan fingerprint density at radius 3 is 2.09 bits per heavy atom. The molecule has 0 saturated carbocycles. The van der Waals surface area contributed by atoms with Crippen LogP contribution in [0.2, 0.25) is 0 Å². The first-order valence-electron chi connectivity index (χ1n) is 10.6. The number of rotatable bonds is 6. The number of nitrogens with one attached hydrogen (secondary N) is 1. The summed E-state index contributed by atoms with van der Waals surface area (Å²) in [6, 6.07) is 19.8. The van der Waals surface area contributed by atoms with Gasteiger partial charge < -0.3 is 15.0 Å². The van der Waals surface area contributed by atoms with Crippen LogP contribution in [0.4, 0.5) is 17.1 Å². The van der Waals surface area contributed by atoms with Gasteiger partial charge in [-0.3, -0.25) is 14.4 Å². The van der Waals surface area contributed by atoms with E-state index in [-0.39, 0.29) is 11.3 Å². The van der Waals surface area contributed by atoms with Crippen LogP contribution in [0.3, 0.4) is 0 Å². The molecule has 0 saturated heterocycles. The third-order valence-electron chi connectivity index (χ3n) is 5.44. The molecule has 8 heteroatoms. The summed E-state index contributed by atoms with van der Waals surface area (Å²) in [7, 11) is 3.83. The molecular weight excluding hydrogens is 434 g/mol. The van der Waals surface area contributed by atoms with E-state index in [1.165, 1.54) is 19.1 Å². The lowest BCUT2D eigenvalue weighted by atomic mass is 10.1. The summed E-state index contributed by atoms with van der Waals surface area (Å²) in [5, 5.41) is 2.71. The Balaban J connectivity index is 1.44. The Bertz CT molecular complexity index is 1250. The van der Waals surface area contributed by atoms with Crippen LogP contribution < -0.4 is 15.1 Å². The molecule has 1 heterocycles. The fourth-order valence-corrected chi connectivity index (χ4v) is 3.56. The molecule has 1 atom stereocenters. The Morgan fingerprint density at radius 1 is 0.882 bits per heavy atom. The highest BCUT2D eigenvalue weighted by Crippen LogP contribution is 2.29. The van der Waals surface area contributed by atoms with E-state index in [4.69, 9.17) is 4.74 Å². The molecule has 1 aliphatic heterocycles. The molecule has 1 aliphatic rings. The third kappa shape index (κ3) is 4.38. The zero-order chi connectivity index (χ0) is 24.4. The van der Waals surface area contributed by atoms with Crippen LogP contribution in [0.25, 0.3) is 0 Å². The van der Waals surface area contributed by atoms with Gasteiger partial charge >= 0.3 is 5.97 Å². The summed E-state index contributed by atoms with van der Waals surface area (Å²) in [5.41, 5.74) is 2.54. The summed E-state index contributed by atoms with van der Waals surface area (Å²) in [4.78, 5) is 53.6. The van der Waals surface area contributed by atoms with Gasteiger partial charge in [-0.1, -0.05) is 18.2 Å². The molecule has 0 aliphatic carbocycles. The maximum Gasteiger partial charge on any atom is 0.338 e. The van der Waals surface area contributed by atoms with Crippen LogP contribution in [0.1, 0.15) is 38.0 Å². The maximum atomic E-state index is 12.7. The fourth-order valence-electron chi connectivity index (χ4n) is 3.56. The smallest absolute Gasteiger partial charge is 0.338 e. The second kappa shape index (κ2) is 9.19. The van der Waals surface area contributed by atoms with Crippen molar-refractivity contribution in [2.75, 3.05) is 29.2 Å². The van der Waals surface area contributed by atoms with Crippen molar-refractivity contribution in [3.63, 3.8) is 0 Å². The van der Waals surface area contributed by atoms with Crippen LogP contribution in [0.15, 0.2) is 72.8 Å². The molecule has 34 heavy (non-hydrogen) atoms. The van der Waals surface area contributed by atoms with Crippen LogP contribution >= 0.6 is 0 Å². The molecule has 4 rings (SSSR count). The first-order valence-corrected chi connectivity index (χ1v) is 10.6. The second-order valence-electron chi connectivity index (χ2n) is 8.02. The zero-order valence-electron chi connectivity index (χ0n) is 18.9. The lowest BCUT2D eigenvalue weighted by Crippen LogP contribution is -2.31. The van der Waals surface area contributed by atoms with Gasteiger partial charge in [0.2, 0.25) is 0 Å². The van der Waals surface area contributed by atoms with Gasteiger partial charge in [0.15, 0.2) is 6.10 Å². The monoisotopic (exact) mass is 457 g/mol. The van der Waals surface area contributed by atoms with Gasteiger partial charge in [-0.25, -0.2) is 9.69 Å². The number of esters is 1. The molecule has 8 nitrogen and oxygen atoms in total. The molecule has 3 aromatic carbocycles. The van der Waals surface area contributed by atoms with Crippen molar-refractivity contribution >= 4 is 40.8 Å². The SMILES string of the molecule is C[C@@H](OC(=O)c1cccc(N2C(=O)c3ccccc3C2=O)c1)C(=O)Nc1ccc(N(C)C)cc1. The molecule has 172 valence electrons. The number of carbonyl (C=O) groups is 4. The minimum Gasteiger partial charge on any atom is -0.449 e. The van der Waals surface area contributed by atoms with Crippen molar-refractivity contribution in [3.05, 3.63) is 89.5 Å². The van der Waals surface area contributed by atoms with E-state index in [0.29, 0.717) is 16.8 Å². The largest absolute Gasteiger partial charge is 0.449 e. The van der Waals surface area contributed by atoms with E-state index in [0.717, 1.165) is 10.6 Å². The van der Waals surface area contributed by atoms with E-state index in [1.54, 1.807) is 48.5 Å². The van der Waals surface area contributed by atoms with Crippen molar-refractivity contribution in [2.24, 2.45) is 0 Å². The van der Waals surface area contributed by atoms with Crippen molar-refractivity contribution in [1.29, 1.82) is 0 Å². The molecule has 0 radical (unpaired) electrons. The fraction of sp³-hybridized carbons (Fsp3) is 0.154. The Hall–Kier alpha value is -4.46. The Morgan fingerprint density at radius 2 is 1.50 bits per heavy atom. The highest BCUT2D eigenvalue weighted by atomic mass is 16.5. The van der Waals surface area contributed by atoms with E-state index >= 15 is 0 Å². The number of hydrogen-bond acceptors (Lipinski definition) is 6. The van der Waals surface area contributed by atoms with E-state index in [9.17, 15) is 19.2 Å². The average Bonchev–Trinajstić information content (AvgIpc) is 3.09. The number of hydrogen-bond donors (Lipinski definition) is 1. The quantitative estimate of drug-likeness (QED) is 0.448. The van der Waals surface area contributed by atoms with Crippen molar-refractivity contribution in [3.8, 4) is 0 Å². The molecule has 0 aromatic heterocycles. The number of nitrogens with zero attached hydrogens (tertiary/aromatic N) is 2. The van der Waals surface area contributed by atoms with Crippen LogP contribution in [-0.2, 0) is 9.53 Å². The molecule has 1 N–H and O–H groups in total. The third-order valence-corrected chi connectivity index (χ3v) is 5.44. The number of ether oxygens (including phenoxy) is 1. The predicted octanol–water partition coefficient (Wildman–Crippen LogP) is 3.74. The zero-order valence-corrected chi connectivity index (χ0v) is 18.9. The molecule has 0 unspecified atom stereocenters. The molecule has 3 aromatic rings. The van der Waals surface area contributed by atoms with Crippen molar-refractivity contribution < 1.29 is 23.9 Å². The first-order chi connectivity index (χ1) is 16.3. The summed E-state index contributed by atoms with van der Waals surface area (Å²) >= 11 is 0. The van der Waals surface area contributed by atoms with Crippen molar-refractivity contribution in [2.45, 2.75) is 13.0 Å². The van der Waals surface area contributed by atoms with Gasteiger partial charge in [0.1, 0.15) is 0 Å². The number of carbonyl (C=O) groups excluding carboxylic acids is 4. The number of imide groups is 1. The van der Waals surface area contributed by atoms with Crippen LogP contribution in [-0.4, -0.2) is 43.9 Å². The lowest BCUT2D eigenvalue weighted by Gasteiger charge is -2.17. The molecule has 0 fully saturated rings. The van der Waals surface area contributed by atoms with E-state index in [2.05, 4.69) is 5.32 Å². The van der Waals surface area contributed by atoms with Gasteiger partial charge in [-0.15, -0.1) is 0 Å². The summed E-state index contributed by atoms with van der Waals surface area (Å²) in [6.45, 7) is 1.47. The molecule has 0 spiro atoms. The maximum absolute atomic E-state index is 12.7. The normalized spacial score (nSPS) is 13.3. The summed E-state index contributed by atoms with van der Waals surface area (Å²) in [5.74, 6) is -2.15. The van der Waals surface area contributed by atoms with Crippen LogP contribution in [0.5, 0.6) is 0 Å². The standard InChI is InChI=1S/C26H23N3O5/c1-16(23(30)27-18-11-13-19(14-12-18)28(2)3)34-26(33)17-7-6-8-20(15-17)29-24(31)21-9-4-5-10-22(21)25(29)32/h4-16H,1-3H3,(H,27,30)/t16-/m1/s1. The van der Waals surface area contributed by atoms with E-state index < -0.39 is 29.8 Å². The number of benzene rings is 3. The summed E-state index contributed by atoms with van der Waals surface area (Å²) in [6.07, 6.45) is -1.07. The summed E-state index contributed by atoms with van der Waals surface area (Å²) < 4.78 is 5.32. The number of fused-ring (bicyclic) bond motifs is 1.